The Balaban J connectivity index is 1.87. The molecule has 1 aromatic rings. The van der Waals surface area contributed by atoms with Gasteiger partial charge in [0.05, 0.1) is 30.8 Å². The Bertz CT molecular complexity index is 552. The van der Waals surface area contributed by atoms with Gasteiger partial charge in [-0.1, -0.05) is 6.07 Å². The number of rotatable bonds is 4. The summed E-state index contributed by atoms with van der Waals surface area (Å²) in [5, 5.41) is 19.0. The highest BCUT2D eigenvalue weighted by Crippen LogP contribution is 2.45. The van der Waals surface area contributed by atoms with Crippen molar-refractivity contribution in [2.75, 3.05) is 7.11 Å². The minimum absolute atomic E-state index is 0.249. The summed E-state index contributed by atoms with van der Waals surface area (Å²) in [5.41, 5.74) is 0.350. The zero-order valence-electron chi connectivity index (χ0n) is 12.3. The maximum absolute atomic E-state index is 9.57. The van der Waals surface area contributed by atoms with Crippen molar-refractivity contribution >= 4 is 0 Å². The Morgan fingerprint density at radius 2 is 1.95 bits per heavy atom. The Morgan fingerprint density at radius 1 is 1.24 bits per heavy atom. The van der Waals surface area contributed by atoms with Crippen LogP contribution >= 0.6 is 0 Å². The van der Waals surface area contributed by atoms with E-state index in [4.69, 9.17) is 9.47 Å². The molecule has 4 heteroatoms. The van der Waals surface area contributed by atoms with Crippen LogP contribution in [0, 0.1) is 11.3 Å². The lowest BCUT2D eigenvalue weighted by Crippen LogP contribution is -2.43. The number of methoxy groups -OCH3 is 1. The molecule has 2 aliphatic carbocycles. The number of benzene rings is 1. The van der Waals surface area contributed by atoms with Crippen LogP contribution < -0.4 is 9.47 Å². The van der Waals surface area contributed by atoms with Crippen LogP contribution in [0.25, 0.3) is 0 Å². The molecule has 0 saturated heterocycles. The lowest BCUT2D eigenvalue weighted by molar-refractivity contribution is 0.0445. The molecule has 1 N–H and O–H groups in total. The first-order chi connectivity index (χ1) is 10.2. The van der Waals surface area contributed by atoms with Gasteiger partial charge in [-0.2, -0.15) is 5.26 Å². The molecule has 3 rings (SSSR count). The summed E-state index contributed by atoms with van der Waals surface area (Å²) in [6.07, 6.45) is 5.45. The lowest BCUT2D eigenvalue weighted by atomic mass is 9.64. The second-order valence-corrected chi connectivity index (χ2v) is 6.15. The van der Waals surface area contributed by atoms with E-state index in [9.17, 15) is 10.4 Å². The van der Waals surface area contributed by atoms with E-state index in [-0.39, 0.29) is 12.2 Å². The third-order valence-corrected chi connectivity index (χ3v) is 4.69. The molecule has 2 fully saturated rings. The topological polar surface area (TPSA) is 62.5 Å². The Hall–Kier alpha value is -1.73. The van der Waals surface area contributed by atoms with Gasteiger partial charge in [0.25, 0.3) is 0 Å². The van der Waals surface area contributed by atoms with Crippen LogP contribution in [0.1, 0.15) is 44.1 Å². The van der Waals surface area contributed by atoms with Gasteiger partial charge in [0.1, 0.15) is 0 Å². The van der Waals surface area contributed by atoms with Crippen LogP contribution in [0.15, 0.2) is 18.2 Å². The average Bonchev–Trinajstić information content (AvgIpc) is 2.96. The molecule has 112 valence electrons. The molecule has 4 nitrogen and oxygen atoms in total. The smallest absolute Gasteiger partial charge is 0.161 e. The van der Waals surface area contributed by atoms with Crippen molar-refractivity contribution in [1.82, 2.24) is 0 Å². The van der Waals surface area contributed by atoms with Crippen LogP contribution in [-0.2, 0) is 5.41 Å². The normalized spacial score (nSPS) is 28.7. The SMILES string of the molecule is COc1ccc(C2(C#N)CC(O)C2)cc1OC1CCCC1. The van der Waals surface area contributed by atoms with Gasteiger partial charge in [0, 0.05) is 0 Å². The first-order valence-electron chi connectivity index (χ1n) is 7.61. The third kappa shape index (κ3) is 2.58. The van der Waals surface area contributed by atoms with Gasteiger partial charge in [-0.25, -0.2) is 0 Å². The maximum Gasteiger partial charge on any atom is 0.161 e. The molecule has 0 aromatic heterocycles. The number of aliphatic hydroxyl groups excluding tert-OH is 1. The van der Waals surface area contributed by atoms with Crippen molar-refractivity contribution in [3.05, 3.63) is 23.8 Å². The van der Waals surface area contributed by atoms with Crippen molar-refractivity contribution in [2.45, 2.75) is 56.1 Å². The summed E-state index contributed by atoms with van der Waals surface area (Å²) in [6, 6.07) is 8.06. The minimum Gasteiger partial charge on any atom is -0.493 e. The van der Waals surface area contributed by atoms with E-state index in [1.54, 1.807) is 7.11 Å². The van der Waals surface area contributed by atoms with Gasteiger partial charge in [0.15, 0.2) is 11.5 Å². The maximum atomic E-state index is 9.57. The molecule has 21 heavy (non-hydrogen) atoms. The summed E-state index contributed by atoms with van der Waals surface area (Å²) in [5.74, 6) is 1.43. The van der Waals surface area contributed by atoms with Crippen LogP contribution in [0.4, 0.5) is 0 Å². The molecule has 0 aliphatic heterocycles. The quantitative estimate of drug-likeness (QED) is 0.925. The highest BCUT2D eigenvalue weighted by molar-refractivity contribution is 5.48. The fourth-order valence-corrected chi connectivity index (χ4v) is 3.39. The highest BCUT2D eigenvalue weighted by atomic mass is 16.5. The zero-order chi connectivity index (χ0) is 14.9. The predicted octanol–water partition coefficient (Wildman–Crippen LogP) is 2.93. The minimum atomic E-state index is -0.570. The molecule has 0 amide bonds. The number of nitrogens with zero attached hydrogens (tertiary/aromatic N) is 1. The second kappa shape index (κ2) is 5.57. The second-order valence-electron chi connectivity index (χ2n) is 6.15. The Labute approximate surface area is 125 Å². The molecule has 0 bridgehead atoms. The molecule has 2 aliphatic rings. The van der Waals surface area contributed by atoms with E-state index in [1.807, 2.05) is 18.2 Å². The average molecular weight is 287 g/mol. The van der Waals surface area contributed by atoms with Gasteiger partial charge in [-0.15, -0.1) is 0 Å². The number of ether oxygens (including phenoxy) is 2. The van der Waals surface area contributed by atoms with Crippen molar-refractivity contribution in [3.8, 4) is 17.6 Å². The van der Waals surface area contributed by atoms with E-state index in [1.165, 1.54) is 12.8 Å². The molecule has 0 radical (unpaired) electrons. The monoisotopic (exact) mass is 287 g/mol. The standard InChI is InChI=1S/C17H21NO3/c1-20-15-7-6-12(17(11-18)9-13(19)10-17)8-16(15)21-14-4-2-3-5-14/h6-8,13-14,19H,2-5,9-10H2,1H3. The van der Waals surface area contributed by atoms with Crippen molar-refractivity contribution < 1.29 is 14.6 Å². The fourth-order valence-electron chi connectivity index (χ4n) is 3.39. The van der Waals surface area contributed by atoms with Crippen molar-refractivity contribution in [1.29, 1.82) is 5.26 Å². The highest BCUT2D eigenvalue weighted by Gasteiger charge is 2.45. The van der Waals surface area contributed by atoms with Gasteiger partial charge in [0.2, 0.25) is 0 Å². The number of nitriles is 1. The van der Waals surface area contributed by atoms with Gasteiger partial charge >= 0.3 is 0 Å². The molecule has 2 saturated carbocycles. The van der Waals surface area contributed by atoms with Crippen LogP contribution in [0.3, 0.4) is 0 Å². The van der Waals surface area contributed by atoms with Crippen LogP contribution in [0.5, 0.6) is 11.5 Å². The van der Waals surface area contributed by atoms with E-state index >= 15 is 0 Å². The molecule has 1 aromatic carbocycles. The zero-order valence-corrected chi connectivity index (χ0v) is 12.3. The Morgan fingerprint density at radius 3 is 2.52 bits per heavy atom. The summed E-state index contributed by atoms with van der Waals surface area (Å²) < 4.78 is 11.4. The molecule has 0 heterocycles. The van der Waals surface area contributed by atoms with Gasteiger partial charge < -0.3 is 14.6 Å². The lowest BCUT2D eigenvalue weighted by Gasteiger charge is -2.40. The van der Waals surface area contributed by atoms with Crippen molar-refractivity contribution in [2.24, 2.45) is 0 Å². The van der Waals surface area contributed by atoms with Crippen LogP contribution in [-0.4, -0.2) is 24.4 Å². The van der Waals surface area contributed by atoms with E-state index in [2.05, 4.69) is 6.07 Å². The number of hydrogen-bond donors (Lipinski definition) is 1. The number of hydrogen-bond acceptors (Lipinski definition) is 4. The molecular formula is C17H21NO3. The summed E-state index contributed by atoms with van der Waals surface area (Å²) in [7, 11) is 1.63. The third-order valence-electron chi connectivity index (χ3n) is 4.69. The van der Waals surface area contributed by atoms with E-state index in [0.29, 0.717) is 18.6 Å². The van der Waals surface area contributed by atoms with E-state index < -0.39 is 5.41 Å². The van der Waals surface area contributed by atoms with Crippen molar-refractivity contribution in [3.63, 3.8) is 0 Å². The number of aliphatic hydroxyl groups is 1. The first-order valence-corrected chi connectivity index (χ1v) is 7.61. The fraction of sp³-hybridized carbons (Fsp3) is 0.588. The van der Waals surface area contributed by atoms with E-state index in [0.717, 1.165) is 24.2 Å². The Kier molecular flexibility index (Phi) is 3.77. The molecular weight excluding hydrogens is 266 g/mol. The molecule has 0 atom stereocenters. The van der Waals surface area contributed by atoms with Gasteiger partial charge in [-0.05, 0) is 56.2 Å². The largest absolute Gasteiger partial charge is 0.493 e. The van der Waals surface area contributed by atoms with Gasteiger partial charge in [-0.3, -0.25) is 0 Å². The molecule has 0 spiro atoms. The summed E-state index contributed by atoms with van der Waals surface area (Å²) in [4.78, 5) is 0. The summed E-state index contributed by atoms with van der Waals surface area (Å²) in [6.45, 7) is 0. The predicted molar refractivity (Wildman–Crippen MR) is 78.4 cm³/mol. The summed E-state index contributed by atoms with van der Waals surface area (Å²) >= 11 is 0. The first kappa shape index (κ1) is 14.2. The van der Waals surface area contributed by atoms with Crippen LogP contribution in [0.2, 0.25) is 0 Å². The molecule has 0 unspecified atom stereocenters.